The van der Waals surface area contributed by atoms with Crippen LogP contribution in [-0.2, 0) is 19.1 Å². The van der Waals surface area contributed by atoms with Crippen molar-refractivity contribution in [3.63, 3.8) is 0 Å². The second-order valence-electron chi connectivity index (χ2n) is 6.51. The first-order chi connectivity index (χ1) is 14.4. The number of amidine groups is 1. The number of carbonyl (C=O) groups excluding carboxylic acids is 2. The average molecular weight is 432 g/mol. The molecule has 0 amide bonds. The van der Waals surface area contributed by atoms with Crippen molar-refractivity contribution in [2.75, 3.05) is 27.9 Å². The summed E-state index contributed by atoms with van der Waals surface area (Å²) in [4.78, 5) is 32.0. The zero-order chi connectivity index (χ0) is 22.0. The molecule has 0 bridgehead atoms. The lowest BCUT2D eigenvalue weighted by Gasteiger charge is -2.35. The monoisotopic (exact) mass is 432 g/mol. The Balaban J connectivity index is 2.19. The van der Waals surface area contributed by atoms with Crippen LogP contribution in [0.5, 0.6) is 11.5 Å². The van der Waals surface area contributed by atoms with Gasteiger partial charge >= 0.3 is 11.9 Å². The Morgan fingerprint density at radius 1 is 1.10 bits per heavy atom. The number of esters is 2. The molecule has 0 radical (unpaired) electrons. The van der Waals surface area contributed by atoms with Gasteiger partial charge in [0.15, 0.2) is 16.7 Å². The number of thioether (sulfide) groups is 1. The minimum absolute atomic E-state index is 0.270. The molecule has 1 unspecified atom stereocenters. The molecule has 1 aromatic rings. The minimum atomic E-state index is -0.552. The minimum Gasteiger partial charge on any atom is -0.493 e. The fourth-order valence-corrected chi connectivity index (χ4v) is 4.57. The number of rotatable bonds is 6. The van der Waals surface area contributed by atoms with Gasteiger partial charge in [-0.2, -0.15) is 0 Å². The maximum absolute atomic E-state index is 12.7. The van der Waals surface area contributed by atoms with E-state index in [-0.39, 0.29) is 6.61 Å². The Bertz CT molecular complexity index is 982. The predicted molar refractivity (Wildman–Crippen MR) is 113 cm³/mol. The van der Waals surface area contributed by atoms with Crippen molar-refractivity contribution in [1.82, 2.24) is 4.90 Å². The van der Waals surface area contributed by atoms with E-state index < -0.39 is 18.0 Å². The van der Waals surface area contributed by atoms with Gasteiger partial charge in [-0.05, 0) is 50.2 Å². The Kier molecular flexibility index (Phi) is 6.40. The Labute approximate surface area is 179 Å². The number of methoxy groups -OCH3 is 3. The third-order valence-corrected chi connectivity index (χ3v) is 6.00. The maximum atomic E-state index is 12.7. The molecule has 0 aliphatic carbocycles. The van der Waals surface area contributed by atoms with Crippen molar-refractivity contribution in [3.8, 4) is 11.5 Å². The molecule has 8 nitrogen and oxygen atoms in total. The van der Waals surface area contributed by atoms with Crippen molar-refractivity contribution >= 4 is 28.9 Å². The van der Waals surface area contributed by atoms with Gasteiger partial charge in [0.25, 0.3) is 0 Å². The highest BCUT2D eigenvalue weighted by Crippen LogP contribution is 2.48. The van der Waals surface area contributed by atoms with Crippen LogP contribution in [0.4, 0.5) is 0 Å². The first-order valence-electron chi connectivity index (χ1n) is 9.32. The molecule has 2 aliphatic heterocycles. The molecule has 2 heterocycles. The van der Waals surface area contributed by atoms with E-state index in [0.29, 0.717) is 38.5 Å². The standard InChI is InChI=1S/C21H24N2O6S/c1-7-29-20(25)18-12(3)23-17(13-8-9-14(26-4)15(10-13)27-5)16(19(24)28-6)11(2)22-21(23)30-18/h8-10,17H,7H2,1-6H3. The highest BCUT2D eigenvalue weighted by Gasteiger charge is 2.43. The summed E-state index contributed by atoms with van der Waals surface area (Å²) in [6.07, 6.45) is 0. The molecule has 0 saturated heterocycles. The van der Waals surface area contributed by atoms with Crippen molar-refractivity contribution in [2.45, 2.75) is 26.8 Å². The van der Waals surface area contributed by atoms with Crippen molar-refractivity contribution in [1.29, 1.82) is 0 Å². The van der Waals surface area contributed by atoms with E-state index in [1.165, 1.54) is 18.9 Å². The number of benzene rings is 1. The molecule has 0 N–H and O–H groups in total. The number of hydrogen-bond donors (Lipinski definition) is 0. The molecule has 1 atom stereocenters. The molecular weight excluding hydrogens is 408 g/mol. The SMILES string of the molecule is CCOC(=O)C1=C(C)N2C(=NC(C)=C(C(=O)OC)C2c2ccc(OC)c(OC)c2)S1. The lowest BCUT2D eigenvalue weighted by atomic mass is 9.93. The number of fused-ring (bicyclic) bond motifs is 1. The molecule has 0 spiro atoms. The van der Waals surface area contributed by atoms with Crippen molar-refractivity contribution in [3.05, 3.63) is 45.6 Å². The van der Waals surface area contributed by atoms with Gasteiger partial charge in [0.2, 0.25) is 0 Å². The number of carbonyl (C=O) groups is 2. The van der Waals surface area contributed by atoms with Crippen LogP contribution in [0.2, 0.25) is 0 Å². The quantitative estimate of drug-likeness (QED) is 0.632. The lowest BCUT2D eigenvalue weighted by molar-refractivity contribution is -0.138. The van der Waals surface area contributed by atoms with Gasteiger partial charge in [-0.25, -0.2) is 14.6 Å². The largest absolute Gasteiger partial charge is 0.493 e. The van der Waals surface area contributed by atoms with Gasteiger partial charge in [0, 0.05) is 5.70 Å². The summed E-state index contributed by atoms with van der Waals surface area (Å²) in [6.45, 7) is 5.59. The molecule has 160 valence electrons. The van der Waals surface area contributed by atoms with Crippen LogP contribution in [0.3, 0.4) is 0 Å². The summed E-state index contributed by atoms with van der Waals surface area (Å²) in [5, 5.41) is 0.598. The van der Waals surface area contributed by atoms with E-state index in [0.717, 1.165) is 5.56 Å². The Morgan fingerprint density at radius 3 is 2.40 bits per heavy atom. The topological polar surface area (TPSA) is 86.7 Å². The van der Waals surface area contributed by atoms with Gasteiger partial charge in [0.05, 0.1) is 45.2 Å². The molecule has 3 rings (SSSR count). The zero-order valence-corrected chi connectivity index (χ0v) is 18.6. The number of hydrogen-bond acceptors (Lipinski definition) is 9. The van der Waals surface area contributed by atoms with E-state index in [2.05, 4.69) is 4.99 Å². The molecule has 0 saturated carbocycles. The van der Waals surface area contributed by atoms with Gasteiger partial charge in [-0.1, -0.05) is 6.07 Å². The Hall–Kier alpha value is -2.94. The number of nitrogens with zero attached hydrogens (tertiary/aromatic N) is 2. The molecule has 0 aromatic heterocycles. The fourth-order valence-electron chi connectivity index (χ4n) is 3.47. The van der Waals surface area contributed by atoms with E-state index >= 15 is 0 Å². The van der Waals surface area contributed by atoms with Crippen LogP contribution in [-0.4, -0.2) is 49.9 Å². The highest BCUT2D eigenvalue weighted by molar-refractivity contribution is 8.18. The number of aliphatic imine (C=N–C) groups is 1. The number of allylic oxidation sites excluding steroid dienone is 2. The summed E-state index contributed by atoms with van der Waals surface area (Å²) in [5.74, 6) is 0.194. The molecule has 0 fully saturated rings. The summed E-state index contributed by atoms with van der Waals surface area (Å²) < 4.78 is 21.0. The second kappa shape index (κ2) is 8.83. The summed E-state index contributed by atoms with van der Waals surface area (Å²) in [6, 6.07) is 4.89. The van der Waals surface area contributed by atoms with E-state index in [1.807, 2.05) is 24.0 Å². The molecule has 30 heavy (non-hydrogen) atoms. The van der Waals surface area contributed by atoms with Crippen LogP contribution in [0.25, 0.3) is 0 Å². The second-order valence-corrected chi connectivity index (χ2v) is 7.49. The molecule has 2 aliphatic rings. The summed E-state index contributed by atoms with van der Waals surface area (Å²) >= 11 is 1.23. The molecule has 1 aromatic carbocycles. The van der Waals surface area contributed by atoms with Crippen LogP contribution < -0.4 is 9.47 Å². The van der Waals surface area contributed by atoms with Crippen molar-refractivity contribution in [2.24, 2.45) is 4.99 Å². The lowest BCUT2D eigenvalue weighted by Crippen LogP contribution is -2.36. The van der Waals surface area contributed by atoms with Gasteiger partial charge in [-0.3, -0.25) is 0 Å². The average Bonchev–Trinajstić information content (AvgIpc) is 3.07. The third kappa shape index (κ3) is 3.65. The van der Waals surface area contributed by atoms with Gasteiger partial charge < -0.3 is 23.8 Å². The third-order valence-electron chi connectivity index (χ3n) is 4.86. The van der Waals surface area contributed by atoms with Crippen LogP contribution in [0.15, 0.2) is 45.1 Å². The van der Waals surface area contributed by atoms with Gasteiger partial charge in [-0.15, -0.1) is 0 Å². The predicted octanol–water partition coefficient (Wildman–Crippen LogP) is 3.40. The first-order valence-corrected chi connectivity index (χ1v) is 10.1. The van der Waals surface area contributed by atoms with E-state index in [1.54, 1.807) is 34.1 Å². The maximum Gasteiger partial charge on any atom is 0.346 e. The zero-order valence-electron chi connectivity index (χ0n) is 17.8. The Morgan fingerprint density at radius 2 is 1.80 bits per heavy atom. The van der Waals surface area contributed by atoms with Crippen LogP contribution in [0, 0.1) is 0 Å². The first kappa shape index (κ1) is 21.8. The number of ether oxygens (including phenoxy) is 4. The van der Waals surface area contributed by atoms with Crippen LogP contribution in [0.1, 0.15) is 32.4 Å². The van der Waals surface area contributed by atoms with Crippen LogP contribution >= 0.6 is 11.8 Å². The van der Waals surface area contributed by atoms with Gasteiger partial charge in [0.1, 0.15) is 4.91 Å². The van der Waals surface area contributed by atoms with E-state index in [9.17, 15) is 9.59 Å². The molecule has 9 heteroatoms. The molecular formula is C21H24N2O6S. The van der Waals surface area contributed by atoms with Crippen molar-refractivity contribution < 1.29 is 28.5 Å². The van der Waals surface area contributed by atoms with E-state index in [4.69, 9.17) is 18.9 Å². The summed E-state index contributed by atoms with van der Waals surface area (Å²) in [7, 11) is 4.44. The smallest absolute Gasteiger partial charge is 0.346 e. The fraction of sp³-hybridized carbons (Fsp3) is 0.381. The summed E-state index contributed by atoms with van der Waals surface area (Å²) in [5.41, 5.74) is 2.34. The highest BCUT2D eigenvalue weighted by atomic mass is 32.2. The normalized spacial score (nSPS) is 18.1.